The largest absolute Gasteiger partial charge is 0.389 e. The van der Waals surface area contributed by atoms with Crippen LogP contribution < -0.4 is 5.73 Å². The molecule has 96 valence electrons. The smallest absolute Gasteiger partial charge is 0.320 e. The fourth-order valence-electron chi connectivity index (χ4n) is 1.99. The number of nitrogens with two attached hydrogens (primary N) is 1. The molecule has 6 heteroatoms. The van der Waals surface area contributed by atoms with E-state index in [-0.39, 0.29) is 16.8 Å². The Bertz CT molecular complexity index is 506. The van der Waals surface area contributed by atoms with Crippen molar-refractivity contribution in [3.05, 3.63) is 35.1 Å². The van der Waals surface area contributed by atoms with Crippen LogP contribution in [-0.4, -0.2) is 41.0 Å². The Morgan fingerprint density at radius 1 is 1.50 bits per heavy atom. The van der Waals surface area contributed by atoms with Gasteiger partial charge in [0.2, 0.25) is 0 Å². The van der Waals surface area contributed by atoms with Crippen LogP contribution in [-0.2, 0) is 6.54 Å². The van der Waals surface area contributed by atoms with E-state index in [0.717, 1.165) is 0 Å². The first kappa shape index (κ1) is 12.8. The van der Waals surface area contributed by atoms with Gasteiger partial charge in [-0.25, -0.2) is 9.18 Å². The van der Waals surface area contributed by atoms with E-state index >= 15 is 0 Å². The molecule has 0 aliphatic carbocycles. The fourth-order valence-corrected chi connectivity index (χ4v) is 2.19. The summed E-state index contributed by atoms with van der Waals surface area (Å²) in [6.07, 6.45) is 0. The molecule has 0 atom stereocenters. The van der Waals surface area contributed by atoms with E-state index in [2.05, 4.69) is 0 Å². The molecule has 2 amide bonds. The second kappa shape index (κ2) is 4.89. The summed E-state index contributed by atoms with van der Waals surface area (Å²) in [5, 5.41) is 0. The summed E-state index contributed by atoms with van der Waals surface area (Å²) >= 11 is 4.93. The number of thiocarbonyl (C=S) groups is 1. The van der Waals surface area contributed by atoms with Crippen LogP contribution in [0.15, 0.2) is 18.2 Å². The Morgan fingerprint density at radius 3 is 2.78 bits per heavy atom. The van der Waals surface area contributed by atoms with Crippen molar-refractivity contribution in [2.45, 2.75) is 6.54 Å². The second-order valence-corrected chi connectivity index (χ2v) is 4.73. The Labute approximate surface area is 110 Å². The van der Waals surface area contributed by atoms with Crippen LogP contribution in [0.1, 0.15) is 11.1 Å². The van der Waals surface area contributed by atoms with Crippen molar-refractivity contribution in [1.82, 2.24) is 9.80 Å². The number of likely N-dealkylation sites (N-methyl/N-ethyl adjacent to an activating group) is 1. The van der Waals surface area contributed by atoms with Crippen molar-refractivity contribution in [2.24, 2.45) is 5.73 Å². The molecule has 0 unspecified atom stereocenters. The van der Waals surface area contributed by atoms with E-state index in [9.17, 15) is 9.18 Å². The summed E-state index contributed by atoms with van der Waals surface area (Å²) in [7, 11) is 1.74. The summed E-state index contributed by atoms with van der Waals surface area (Å²) in [5.74, 6) is -0.356. The van der Waals surface area contributed by atoms with Gasteiger partial charge >= 0.3 is 6.03 Å². The van der Waals surface area contributed by atoms with Gasteiger partial charge in [-0.05, 0) is 23.8 Å². The zero-order valence-corrected chi connectivity index (χ0v) is 10.8. The molecule has 0 spiro atoms. The Kier molecular flexibility index (Phi) is 3.47. The van der Waals surface area contributed by atoms with Crippen molar-refractivity contribution >= 4 is 23.2 Å². The molecule has 1 fully saturated rings. The minimum absolute atomic E-state index is 0.0619. The molecule has 0 saturated carbocycles. The maximum Gasteiger partial charge on any atom is 0.320 e. The van der Waals surface area contributed by atoms with E-state index in [1.54, 1.807) is 22.9 Å². The zero-order chi connectivity index (χ0) is 13.3. The molecule has 1 aromatic carbocycles. The van der Waals surface area contributed by atoms with Crippen molar-refractivity contribution in [3.63, 3.8) is 0 Å². The van der Waals surface area contributed by atoms with Crippen molar-refractivity contribution in [3.8, 4) is 0 Å². The number of carbonyl (C=O) groups is 1. The Hall–Kier alpha value is -1.69. The monoisotopic (exact) mass is 267 g/mol. The van der Waals surface area contributed by atoms with E-state index in [0.29, 0.717) is 30.8 Å². The first-order chi connectivity index (χ1) is 8.49. The van der Waals surface area contributed by atoms with E-state index in [4.69, 9.17) is 18.0 Å². The van der Waals surface area contributed by atoms with Gasteiger partial charge in [-0.15, -0.1) is 0 Å². The molecule has 1 aliphatic rings. The maximum absolute atomic E-state index is 13.3. The average molecular weight is 267 g/mol. The van der Waals surface area contributed by atoms with Crippen LogP contribution in [0.2, 0.25) is 0 Å². The van der Waals surface area contributed by atoms with Crippen LogP contribution in [0.3, 0.4) is 0 Å². The van der Waals surface area contributed by atoms with Gasteiger partial charge < -0.3 is 15.5 Å². The number of urea groups is 1. The SMILES string of the molecule is CN1CCN(Cc2cc(F)ccc2C(N)=S)C1=O. The second-order valence-electron chi connectivity index (χ2n) is 4.29. The minimum atomic E-state index is -0.356. The van der Waals surface area contributed by atoms with Crippen LogP contribution in [0.4, 0.5) is 9.18 Å². The van der Waals surface area contributed by atoms with Gasteiger partial charge in [-0.2, -0.15) is 0 Å². The summed E-state index contributed by atoms with van der Waals surface area (Å²) in [5.41, 5.74) is 6.86. The molecule has 1 aromatic rings. The lowest BCUT2D eigenvalue weighted by molar-refractivity contribution is 0.197. The minimum Gasteiger partial charge on any atom is -0.389 e. The molecule has 0 radical (unpaired) electrons. The van der Waals surface area contributed by atoms with Crippen LogP contribution in [0.25, 0.3) is 0 Å². The normalized spacial score (nSPS) is 15.3. The topological polar surface area (TPSA) is 49.6 Å². The molecule has 2 N–H and O–H groups in total. The quantitative estimate of drug-likeness (QED) is 0.841. The van der Waals surface area contributed by atoms with Gasteiger partial charge in [-0.1, -0.05) is 12.2 Å². The highest BCUT2D eigenvalue weighted by Crippen LogP contribution is 2.17. The van der Waals surface area contributed by atoms with Gasteiger partial charge in [0, 0.05) is 32.2 Å². The van der Waals surface area contributed by atoms with E-state index in [1.807, 2.05) is 0 Å². The maximum atomic E-state index is 13.3. The molecule has 1 saturated heterocycles. The molecule has 1 heterocycles. The first-order valence-electron chi connectivity index (χ1n) is 5.57. The standard InChI is InChI=1S/C12H14FN3OS/c1-15-4-5-16(12(15)17)7-8-6-9(13)2-3-10(8)11(14)18/h2-3,6H,4-5,7H2,1H3,(H2,14,18). The highest BCUT2D eigenvalue weighted by molar-refractivity contribution is 7.80. The van der Waals surface area contributed by atoms with Crippen LogP contribution >= 0.6 is 12.2 Å². The summed E-state index contributed by atoms with van der Waals surface area (Å²) in [6, 6.07) is 4.18. The van der Waals surface area contributed by atoms with Gasteiger partial charge in [-0.3, -0.25) is 0 Å². The predicted molar refractivity (Wildman–Crippen MR) is 70.7 cm³/mol. The Balaban J connectivity index is 2.25. The molecule has 4 nitrogen and oxygen atoms in total. The Morgan fingerprint density at radius 2 is 2.22 bits per heavy atom. The van der Waals surface area contributed by atoms with Crippen molar-refractivity contribution < 1.29 is 9.18 Å². The average Bonchev–Trinajstić information content (AvgIpc) is 2.61. The molecule has 1 aliphatic heterocycles. The number of halogens is 1. The number of carbonyl (C=O) groups excluding carboxylic acids is 1. The number of rotatable bonds is 3. The van der Waals surface area contributed by atoms with Gasteiger partial charge in [0.25, 0.3) is 0 Å². The number of benzene rings is 1. The molecular weight excluding hydrogens is 253 g/mol. The van der Waals surface area contributed by atoms with Crippen LogP contribution in [0.5, 0.6) is 0 Å². The molecular formula is C12H14FN3OS. The third kappa shape index (κ3) is 2.43. The lowest BCUT2D eigenvalue weighted by Gasteiger charge is -2.18. The van der Waals surface area contributed by atoms with Gasteiger partial charge in [0.15, 0.2) is 0 Å². The highest BCUT2D eigenvalue weighted by atomic mass is 32.1. The van der Waals surface area contributed by atoms with E-state index < -0.39 is 0 Å². The molecule has 0 aromatic heterocycles. The number of hydrogen-bond donors (Lipinski definition) is 1. The number of hydrogen-bond acceptors (Lipinski definition) is 2. The van der Waals surface area contributed by atoms with Gasteiger partial charge in [0.05, 0.1) is 0 Å². The summed E-state index contributed by atoms with van der Waals surface area (Å²) in [4.78, 5) is 15.3. The highest BCUT2D eigenvalue weighted by Gasteiger charge is 2.26. The van der Waals surface area contributed by atoms with Crippen molar-refractivity contribution in [2.75, 3.05) is 20.1 Å². The van der Waals surface area contributed by atoms with Crippen molar-refractivity contribution in [1.29, 1.82) is 0 Å². The summed E-state index contributed by atoms with van der Waals surface area (Å²) in [6.45, 7) is 1.63. The first-order valence-corrected chi connectivity index (χ1v) is 5.98. The number of amides is 2. The fraction of sp³-hybridized carbons (Fsp3) is 0.333. The van der Waals surface area contributed by atoms with Crippen LogP contribution in [0, 0.1) is 5.82 Å². The summed E-state index contributed by atoms with van der Waals surface area (Å²) < 4.78 is 13.3. The third-order valence-corrected chi connectivity index (χ3v) is 3.22. The number of nitrogens with zero attached hydrogens (tertiary/aromatic N) is 2. The molecule has 0 bridgehead atoms. The van der Waals surface area contributed by atoms with Gasteiger partial charge in [0.1, 0.15) is 10.8 Å². The lowest BCUT2D eigenvalue weighted by atomic mass is 10.1. The lowest BCUT2D eigenvalue weighted by Crippen LogP contribution is -2.30. The molecule has 2 rings (SSSR count). The predicted octanol–water partition coefficient (Wildman–Crippen LogP) is 1.33. The van der Waals surface area contributed by atoms with E-state index in [1.165, 1.54) is 12.1 Å². The molecule has 18 heavy (non-hydrogen) atoms. The zero-order valence-electron chi connectivity index (χ0n) is 10.0. The third-order valence-electron chi connectivity index (χ3n) is 3.00.